The van der Waals surface area contributed by atoms with Crippen molar-refractivity contribution >= 4 is 26.7 Å². The largest absolute Gasteiger partial charge is 0.488 e. The Labute approximate surface area is 126 Å². The number of rotatable bonds is 3. The molecule has 0 bridgehead atoms. The highest BCUT2D eigenvalue weighted by Crippen LogP contribution is 2.33. The van der Waals surface area contributed by atoms with E-state index in [2.05, 4.69) is 45.2 Å². The van der Waals surface area contributed by atoms with Crippen molar-refractivity contribution in [2.75, 3.05) is 0 Å². The van der Waals surface area contributed by atoms with Crippen LogP contribution in [-0.2, 0) is 6.61 Å². The van der Waals surface area contributed by atoms with Crippen molar-refractivity contribution in [3.05, 3.63) is 70.5 Å². The Kier molecular flexibility index (Phi) is 3.70. The highest BCUT2D eigenvalue weighted by Gasteiger charge is 2.06. The first-order valence-corrected chi connectivity index (χ1v) is 7.24. The van der Waals surface area contributed by atoms with Gasteiger partial charge >= 0.3 is 0 Å². The lowest BCUT2D eigenvalue weighted by atomic mass is 10.1. The molecule has 0 aliphatic heterocycles. The second-order valence-corrected chi connectivity index (χ2v) is 5.55. The summed E-state index contributed by atoms with van der Waals surface area (Å²) in [5, 5.41) is 2.36. The molecule has 100 valence electrons. The molecule has 0 atom stereocenters. The summed E-state index contributed by atoms with van der Waals surface area (Å²) in [5.41, 5.74) is 2.22. The quantitative estimate of drug-likeness (QED) is 0.683. The lowest BCUT2D eigenvalue weighted by Gasteiger charge is -2.10. The molecule has 0 aliphatic rings. The monoisotopic (exact) mass is 327 g/mol. The van der Waals surface area contributed by atoms with E-state index in [1.807, 2.05) is 37.5 Å². The van der Waals surface area contributed by atoms with Crippen molar-refractivity contribution in [3.63, 3.8) is 0 Å². The molecule has 3 aromatic rings. The number of hydrogen-bond donors (Lipinski definition) is 0. The Morgan fingerprint density at radius 3 is 2.80 bits per heavy atom. The minimum absolute atomic E-state index is 0.519. The van der Waals surface area contributed by atoms with Gasteiger partial charge in [0.1, 0.15) is 12.4 Å². The number of fused-ring (bicyclic) bond motifs is 1. The normalized spacial score (nSPS) is 10.7. The van der Waals surface area contributed by atoms with Crippen molar-refractivity contribution in [2.45, 2.75) is 13.5 Å². The van der Waals surface area contributed by atoms with Gasteiger partial charge in [0.05, 0.1) is 4.47 Å². The summed E-state index contributed by atoms with van der Waals surface area (Å²) in [7, 11) is 0. The molecule has 3 heteroatoms. The molecule has 0 aliphatic carbocycles. The fourth-order valence-electron chi connectivity index (χ4n) is 2.18. The van der Waals surface area contributed by atoms with Gasteiger partial charge in [0.2, 0.25) is 0 Å². The fourth-order valence-corrected chi connectivity index (χ4v) is 2.79. The lowest BCUT2D eigenvalue weighted by Crippen LogP contribution is -1.97. The number of halogens is 1. The Balaban J connectivity index is 1.86. The number of hydrogen-bond acceptors (Lipinski definition) is 2. The molecule has 20 heavy (non-hydrogen) atoms. The third-order valence-corrected chi connectivity index (χ3v) is 3.97. The number of benzene rings is 2. The number of aromatic nitrogens is 1. The Morgan fingerprint density at radius 2 is 1.95 bits per heavy atom. The van der Waals surface area contributed by atoms with Crippen LogP contribution in [0.4, 0.5) is 0 Å². The summed E-state index contributed by atoms with van der Waals surface area (Å²) >= 11 is 3.63. The molecule has 0 spiro atoms. The van der Waals surface area contributed by atoms with E-state index in [0.717, 1.165) is 26.7 Å². The molecule has 0 fully saturated rings. The molecular weight excluding hydrogens is 314 g/mol. The molecule has 0 N–H and O–H groups in total. The SMILES string of the molecule is Cc1cncc(COc2ccc3ccccc3c2Br)c1. The average molecular weight is 328 g/mol. The fraction of sp³-hybridized carbons (Fsp3) is 0.118. The van der Waals surface area contributed by atoms with Crippen molar-refractivity contribution in [1.82, 2.24) is 4.98 Å². The number of aryl methyl sites for hydroxylation is 1. The molecule has 2 nitrogen and oxygen atoms in total. The van der Waals surface area contributed by atoms with Crippen LogP contribution in [0, 0.1) is 6.92 Å². The predicted molar refractivity (Wildman–Crippen MR) is 85.0 cm³/mol. The third-order valence-electron chi connectivity index (χ3n) is 3.15. The minimum atomic E-state index is 0.519. The molecule has 0 amide bonds. The van der Waals surface area contributed by atoms with Gasteiger partial charge in [-0.1, -0.05) is 30.3 Å². The Morgan fingerprint density at radius 1 is 1.10 bits per heavy atom. The van der Waals surface area contributed by atoms with Crippen LogP contribution in [0.25, 0.3) is 10.8 Å². The summed E-state index contributed by atoms with van der Waals surface area (Å²) in [6, 6.07) is 14.4. The van der Waals surface area contributed by atoms with Gasteiger partial charge in [0.15, 0.2) is 0 Å². The van der Waals surface area contributed by atoms with Crippen molar-refractivity contribution in [3.8, 4) is 5.75 Å². The van der Waals surface area contributed by atoms with Crippen molar-refractivity contribution < 1.29 is 4.74 Å². The van der Waals surface area contributed by atoms with E-state index in [9.17, 15) is 0 Å². The number of pyridine rings is 1. The van der Waals surface area contributed by atoms with Gasteiger partial charge in [-0.3, -0.25) is 4.98 Å². The maximum absolute atomic E-state index is 5.90. The van der Waals surface area contributed by atoms with Crippen LogP contribution in [0.5, 0.6) is 5.75 Å². The van der Waals surface area contributed by atoms with Crippen LogP contribution in [0.3, 0.4) is 0 Å². The summed E-state index contributed by atoms with van der Waals surface area (Å²) < 4.78 is 6.90. The zero-order valence-corrected chi connectivity index (χ0v) is 12.7. The average Bonchev–Trinajstić information content (AvgIpc) is 2.47. The number of nitrogens with zero attached hydrogens (tertiary/aromatic N) is 1. The van der Waals surface area contributed by atoms with Crippen LogP contribution in [0.2, 0.25) is 0 Å². The highest BCUT2D eigenvalue weighted by molar-refractivity contribution is 9.10. The maximum atomic E-state index is 5.90. The molecule has 0 unspecified atom stereocenters. The molecule has 3 rings (SSSR count). The van der Waals surface area contributed by atoms with E-state index >= 15 is 0 Å². The van der Waals surface area contributed by atoms with Crippen LogP contribution < -0.4 is 4.74 Å². The molecule has 2 aromatic carbocycles. The topological polar surface area (TPSA) is 22.1 Å². The molecule has 1 aromatic heterocycles. The zero-order valence-electron chi connectivity index (χ0n) is 11.1. The maximum Gasteiger partial charge on any atom is 0.134 e. The van der Waals surface area contributed by atoms with E-state index in [1.165, 1.54) is 5.39 Å². The van der Waals surface area contributed by atoms with Crippen LogP contribution in [-0.4, -0.2) is 4.98 Å². The highest BCUT2D eigenvalue weighted by atomic mass is 79.9. The van der Waals surface area contributed by atoms with E-state index < -0.39 is 0 Å². The zero-order chi connectivity index (χ0) is 13.9. The van der Waals surface area contributed by atoms with Gasteiger partial charge in [-0.15, -0.1) is 0 Å². The van der Waals surface area contributed by atoms with Crippen molar-refractivity contribution in [2.24, 2.45) is 0 Å². The lowest BCUT2D eigenvalue weighted by molar-refractivity contribution is 0.304. The van der Waals surface area contributed by atoms with Crippen LogP contribution in [0.15, 0.2) is 59.3 Å². The summed E-state index contributed by atoms with van der Waals surface area (Å²) in [4.78, 5) is 4.18. The summed E-state index contributed by atoms with van der Waals surface area (Å²) in [5.74, 6) is 0.852. The van der Waals surface area contributed by atoms with E-state index in [4.69, 9.17) is 4.74 Å². The Hall–Kier alpha value is -1.87. The van der Waals surface area contributed by atoms with Crippen LogP contribution >= 0.6 is 15.9 Å². The van der Waals surface area contributed by atoms with E-state index in [1.54, 1.807) is 0 Å². The summed E-state index contributed by atoms with van der Waals surface area (Å²) in [6.45, 7) is 2.55. The minimum Gasteiger partial charge on any atom is -0.488 e. The molecule has 1 heterocycles. The standard InChI is InChI=1S/C17H14BrNO/c1-12-8-13(10-19-9-12)11-20-16-7-6-14-4-2-3-5-15(14)17(16)18/h2-10H,11H2,1H3. The van der Waals surface area contributed by atoms with Gasteiger partial charge in [0.25, 0.3) is 0 Å². The van der Waals surface area contributed by atoms with Gasteiger partial charge in [-0.05, 0) is 51.3 Å². The van der Waals surface area contributed by atoms with E-state index in [0.29, 0.717) is 6.61 Å². The van der Waals surface area contributed by atoms with Gasteiger partial charge in [-0.25, -0.2) is 0 Å². The van der Waals surface area contributed by atoms with E-state index in [-0.39, 0.29) is 0 Å². The van der Waals surface area contributed by atoms with Crippen LogP contribution in [0.1, 0.15) is 11.1 Å². The second-order valence-electron chi connectivity index (χ2n) is 4.76. The second kappa shape index (κ2) is 5.63. The first kappa shape index (κ1) is 13.1. The molecule has 0 saturated heterocycles. The summed E-state index contributed by atoms with van der Waals surface area (Å²) in [6.07, 6.45) is 3.68. The molecular formula is C17H14BrNO. The Bertz CT molecular complexity index is 755. The van der Waals surface area contributed by atoms with Gasteiger partial charge in [-0.2, -0.15) is 0 Å². The van der Waals surface area contributed by atoms with Gasteiger partial charge < -0.3 is 4.74 Å². The number of ether oxygens (including phenoxy) is 1. The first-order valence-electron chi connectivity index (χ1n) is 6.44. The van der Waals surface area contributed by atoms with Crippen molar-refractivity contribution in [1.29, 1.82) is 0 Å². The predicted octanol–water partition coefficient (Wildman–Crippen LogP) is 4.88. The molecule has 0 radical (unpaired) electrons. The molecule has 0 saturated carbocycles. The van der Waals surface area contributed by atoms with Gasteiger partial charge in [0, 0.05) is 18.0 Å². The first-order chi connectivity index (χ1) is 9.74. The third kappa shape index (κ3) is 2.68. The smallest absolute Gasteiger partial charge is 0.134 e.